The van der Waals surface area contributed by atoms with Crippen LogP contribution >= 0.6 is 11.3 Å². The first kappa shape index (κ1) is 14.5. The summed E-state index contributed by atoms with van der Waals surface area (Å²) in [5.74, 6) is 0.890. The topological polar surface area (TPSA) is 45.9 Å². The Bertz CT molecular complexity index is 613. The smallest absolute Gasteiger partial charge is 0.122 e. The van der Waals surface area contributed by atoms with Crippen LogP contribution in [-0.4, -0.2) is 12.1 Å². The van der Waals surface area contributed by atoms with Crippen LogP contribution in [0.5, 0.6) is 5.75 Å². The predicted octanol–water partition coefficient (Wildman–Crippen LogP) is 3.76. The number of aryl methyl sites for hydroxylation is 1. The fourth-order valence-electron chi connectivity index (χ4n) is 2.17. The van der Waals surface area contributed by atoms with Gasteiger partial charge in [-0.05, 0) is 12.5 Å². The molecule has 0 amide bonds. The zero-order chi connectivity index (χ0) is 14.4. The van der Waals surface area contributed by atoms with Crippen molar-refractivity contribution in [2.75, 3.05) is 7.11 Å². The molecule has 20 heavy (non-hydrogen) atoms. The molecule has 0 aliphatic rings. The molecule has 0 bridgehead atoms. The van der Waals surface area contributed by atoms with E-state index in [1.165, 1.54) is 0 Å². The van der Waals surface area contributed by atoms with E-state index in [0.717, 1.165) is 46.2 Å². The highest BCUT2D eigenvalue weighted by Crippen LogP contribution is 2.26. The summed E-state index contributed by atoms with van der Waals surface area (Å²) in [5, 5.41) is 9.96. The lowest BCUT2D eigenvalue weighted by Crippen LogP contribution is -1.94. The third kappa shape index (κ3) is 3.37. The van der Waals surface area contributed by atoms with Gasteiger partial charge in [-0.25, -0.2) is 4.98 Å². The Morgan fingerprint density at radius 2 is 2.15 bits per heavy atom. The van der Waals surface area contributed by atoms with E-state index in [1.54, 1.807) is 18.4 Å². The molecule has 0 saturated carbocycles. The van der Waals surface area contributed by atoms with Crippen molar-refractivity contribution in [3.63, 3.8) is 0 Å². The average Bonchev–Trinajstić information content (AvgIpc) is 2.82. The Labute approximate surface area is 123 Å². The lowest BCUT2D eigenvalue weighted by molar-refractivity contribution is 0.410. The third-order valence-corrected chi connectivity index (χ3v) is 4.18. The molecule has 0 fully saturated rings. The summed E-state index contributed by atoms with van der Waals surface area (Å²) in [6, 6.07) is 10.2. The number of thiazole rings is 1. The molecule has 3 nitrogen and oxygen atoms in total. The summed E-state index contributed by atoms with van der Waals surface area (Å²) in [6.07, 6.45) is 3.21. The molecule has 0 N–H and O–H groups in total. The maximum Gasteiger partial charge on any atom is 0.122 e. The van der Waals surface area contributed by atoms with E-state index in [0.29, 0.717) is 6.42 Å². The maximum absolute atomic E-state index is 8.90. The number of methoxy groups -OCH3 is 1. The van der Waals surface area contributed by atoms with Gasteiger partial charge < -0.3 is 4.74 Å². The number of nitriles is 1. The number of ether oxygens (including phenoxy) is 1. The molecule has 104 valence electrons. The number of nitrogens with zero attached hydrogens (tertiary/aromatic N) is 2. The SMILES string of the molecule is CCCc1nc(Cc2ccccc2OC)sc1CC#N. The van der Waals surface area contributed by atoms with Gasteiger partial charge in [0.1, 0.15) is 5.75 Å². The van der Waals surface area contributed by atoms with Crippen LogP contribution in [0.1, 0.15) is 34.5 Å². The Morgan fingerprint density at radius 3 is 2.85 bits per heavy atom. The molecule has 0 saturated heterocycles. The van der Waals surface area contributed by atoms with Crippen molar-refractivity contribution >= 4 is 11.3 Å². The normalized spacial score (nSPS) is 10.2. The van der Waals surface area contributed by atoms with Crippen molar-refractivity contribution < 1.29 is 4.74 Å². The molecule has 1 heterocycles. The van der Waals surface area contributed by atoms with Gasteiger partial charge in [0.05, 0.1) is 30.3 Å². The lowest BCUT2D eigenvalue weighted by Gasteiger charge is -2.05. The number of hydrogen-bond donors (Lipinski definition) is 0. The average molecular weight is 286 g/mol. The molecular formula is C16H18N2OS. The van der Waals surface area contributed by atoms with Crippen LogP contribution in [0.2, 0.25) is 0 Å². The molecule has 0 aliphatic heterocycles. The van der Waals surface area contributed by atoms with Gasteiger partial charge in [0.2, 0.25) is 0 Å². The first-order valence-electron chi connectivity index (χ1n) is 6.74. The maximum atomic E-state index is 8.90. The van der Waals surface area contributed by atoms with Gasteiger partial charge in [-0.15, -0.1) is 11.3 Å². The van der Waals surface area contributed by atoms with E-state index in [2.05, 4.69) is 19.1 Å². The van der Waals surface area contributed by atoms with Crippen molar-refractivity contribution in [2.24, 2.45) is 0 Å². The van der Waals surface area contributed by atoms with Crippen molar-refractivity contribution in [1.29, 1.82) is 5.26 Å². The summed E-state index contributed by atoms with van der Waals surface area (Å²) in [5.41, 5.74) is 2.22. The summed E-state index contributed by atoms with van der Waals surface area (Å²) < 4.78 is 5.37. The minimum absolute atomic E-state index is 0.457. The molecule has 1 aromatic carbocycles. The van der Waals surface area contributed by atoms with E-state index in [1.807, 2.05) is 18.2 Å². The largest absolute Gasteiger partial charge is 0.496 e. The highest BCUT2D eigenvalue weighted by atomic mass is 32.1. The van der Waals surface area contributed by atoms with Gasteiger partial charge in [-0.2, -0.15) is 5.26 Å². The second-order valence-corrected chi connectivity index (χ2v) is 5.72. The molecule has 4 heteroatoms. The lowest BCUT2D eigenvalue weighted by atomic mass is 10.1. The standard InChI is InChI=1S/C16H18N2OS/c1-3-6-13-15(9-10-17)20-16(18-13)11-12-7-4-5-8-14(12)19-2/h4-5,7-8H,3,6,9,11H2,1-2H3. The first-order valence-corrected chi connectivity index (χ1v) is 7.56. The Balaban J connectivity index is 2.25. The van der Waals surface area contributed by atoms with E-state index >= 15 is 0 Å². The van der Waals surface area contributed by atoms with Gasteiger partial charge in [0.15, 0.2) is 0 Å². The molecule has 0 spiro atoms. The highest BCUT2D eigenvalue weighted by Gasteiger charge is 2.12. The van der Waals surface area contributed by atoms with Crippen LogP contribution < -0.4 is 4.74 Å². The summed E-state index contributed by atoms with van der Waals surface area (Å²) in [6.45, 7) is 2.13. The Kier molecular flexibility index (Phi) is 5.14. The molecular weight excluding hydrogens is 268 g/mol. The third-order valence-electron chi connectivity index (χ3n) is 3.08. The molecule has 0 unspecified atom stereocenters. The van der Waals surface area contributed by atoms with Crippen LogP contribution in [0.3, 0.4) is 0 Å². The van der Waals surface area contributed by atoms with Gasteiger partial charge >= 0.3 is 0 Å². The second-order valence-electron chi connectivity index (χ2n) is 4.55. The second kappa shape index (κ2) is 7.06. The number of benzene rings is 1. The van der Waals surface area contributed by atoms with Crippen molar-refractivity contribution in [3.05, 3.63) is 45.4 Å². The predicted molar refractivity (Wildman–Crippen MR) is 81.2 cm³/mol. The highest BCUT2D eigenvalue weighted by molar-refractivity contribution is 7.11. The molecule has 0 radical (unpaired) electrons. The molecule has 0 aliphatic carbocycles. The molecule has 2 rings (SSSR count). The van der Waals surface area contributed by atoms with E-state index in [9.17, 15) is 0 Å². The minimum Gasteiger partial charge on any atom is -0.496 e. The Hall–Kier alpha value is -1.86. The van der Waals surface area contributed by atoms with E-state index in [-0.39, 0.29) is 0 Å². The first-order chi connectivity index (χ1) is 9.78. The monoisotopic (exact) mass is 286 g/mol. The summed E-state index contributed by atoms with van der Waals surface area (Å²) in [7, 11) is 1.68. The number of aromatic nitrogens is 1. The quantitative estimate of drug-likeness (QED) is 0.812. The summed E-state index contributed by atoms with van der Waals surface area (Å²) in [4.78, 5) is 5.81. The van der Waals surface area contributed by atoms with Gasteiger partial charge in [-0.3, -0.25) is 0 Å². The van der Waals surface area contributed by atoms with Crippen LogP contribution in [0.4, 0.5) is 0 Å². The number of hydrogen-bond acceptors (Lipinski definition) is 4. The van der Waals surface area contributed by atoms with Gasteiger partial charge in [0.25, 0.3) is 0 Å². The van der Waals surface area contributed by atoms with Crippen LogP contribution in [0.15, 0.2) is 24.3 Å². The zero-order valence-electron chi connectivity index (χ0n) is 11.8. The zero-order valence-corrected chi connectivity index (χ0v) is 12.7. The minimum atomic E-state index is 0.457. The van der Waals surface area contributed by atoms with Gasteiger partial charge in [-0.1, -0.05) is 31.5 Å². The molecule has 1 aromatic heterocycles. The van der Waals surface area contributed by atoms with Gasteiger partial charge in [0, 0.05) is 16.9 Å². The van der Waals surface area contributed by atoms with Crippen molar-refractivity contribution in [1.82, 2.24) is 4.98 Å². The van der Waals surface area contributed by atoms with E-state index < -0.39 is 0 Å². The molecule has 2 aromatic rings. The van der Waals surface area contributed by atoms with Crippen molar-refractivity contribution in [2.45, 2.75) is 32.6 Å². The van der Waals surface area contributed by atoms with Crippen LogP contribution in [-0.2, 0) is 19.3 Å². The molecule has 0 atom stereocenters. The fourth-order valence-corrected chi connectivity index (χ4v) is 3.24. The van der Waals surface area contributed by atoms with E-state index in [4.69, 9.17) is 15.0 Å². The fraction of sp³-hybridized carbons (Fsp3) is 0.375. The van der Waals surface area contributed by atoms with Crippen LogP contribution in [0.25, 0.3) is 0 Å². The van der Waals surface area contributed by atoms with Crippen molar-refractivity contribution in [3.8, 4) is 11.8 Å². The van der Waals surface area contributed by atoms with Crippen LogP contribution in [0, 0.1) is 11.3 Å². The Morgan fingerprint density at radius 1 is 1.35 bits per heavy atom. The number of para-hydroxylation sites is 1. The number of rotatable bonds is 6. The summed E-state index contributed by atoms with van der Waals surface area (Å²) >= 11 is 1.65.